The monoisotopic (exact) mass is 456 g/mol. The molecule has 9 heteroatoms. The first-order chi connectivity index (χ1) is 12.6. The second-order valence-electron chi connectivity index (χ2n) is 5.27. The van der Waals surface area contributed by atoms with Gasteiger partial charge in [0.1, 0.15) is 12.9 Å². The van der Waals surface area contributed by atoms with E-state index < -0.39 is 0 Å². The fourth-order valence-corrected chi connectivity index (χ4v) is 3.24. The van der Waals surface area contributed by atoms with Gasteiger partial charge in [-0.3, -0.25) is 0 Å². The molecule has 0 aliphatic heterocycles. The third-order valence-electron chi connectivity index (χ3n) is 3.63. The van der Waals surface area contributed by atoms with E-state index in [1.165, 1.54) is 6.33 Å². The fourth-order valence-electron chi connectivity index (χ4n) is 2.27. The number of nitrogens with one attached hydrogen (secondary N) is 2. The quantitative estimate of drug-likeness (QED) is 0.517. The van der Waals surface area contributed by atoms with E-state index in [2.05, 4.69) is 36.4 Å². The first kappa shape index (κ1) is 18.8. The molecule has 2 N–H and O–H groups in total. The van der Waals surface area contributed by atoms with E-state index in [0.717, 1.165) is 15.6 Å². The van der Waals surface area contributed by atoms with Crippen LogP contribution in [0.2, 0.25) is 10.0 Å². The Labute approximate surface area is 169 Å². The Morgan fingerprint density at radius 2 is 1.96 bits per heavy atom. The Kier molecular flexibility index (Phi) is 6.24. The number of H-pyrrole nitrogens is 1. The second-order valence-corrected chi connectivity index (χ2v) is 6.94. The Bertz CT molecular complexity index is 870. The van der Waals surface area contributed by atoms with Crippen molar-refractivity contribution < 1.29 is 9.47 Å². The third kappa shape index (κ3) is 4.41. The molecule has 0 fully saturated rings. The van der Waals surface area contributed by atoms with Crippen LogP contribution in [0.1, 0.15) is 11.1 Å². The van der Waals surface area contributed by atoms with Gasteiger partial charge in [-0.15, -0.1) is 0 Å². The zero-order valence-corrected chi connectivity index (χ0v) is 16.8. The molecule has 0 atom stereocenters. The topological polar surface area (TPSA) is 72.1 Å². The molecule has 3 aromatic rings. The Morgan fingerprint density at radius 3 is 2.62 bits per heavy atom. The summed E-state index contributed by atoms with van der Waals surface area (Å²) in [5, 5.41) is 10.8. The number of aromatic nitrogens is 3. The molecule has 0 amide bonds. The minimum absolute atomic E-state index is 0.233. The summed E-state index contributed by atoms with van der Waals surface area (Å²) < 4.78 is 12.2. The van der Waals surface area contributed by atoms with Crippen molar-refractivity contribution >= 4 is 45.1 Å². The van der Waals surface area contributed by atoms with Crippen molar-refractivity contribution in [1.82, 2.24) is 15.2 Å². The molecule has 0 saturated carbocycles. The Balaban J connectivity index is 1.76. The highest BCUT2D eigenvalue weighted by Gasteiger charge is 2.13. The molecular weight excluding hydrogens is 443 g/mol. The first-order valence-electron chi connectivity index (χ1n) is 7.60. The Morgan fingerprint density at radius 1 is 1.19 bits per heavy atom. The molecule has 1 aromatic heterocycles. The van der Waals surface area contributed by atoms with Gasteiger partial charge in [-0.2, -0.15) is 5.10 Å². The summed E-state index contributed by atoms with van der Waals surface area (Å²) in [6.45, 7) is 0.764. The molecule has 1 heterocycles. The summed E-state index contributed by atoms with van der Waals surface area (Å²) in [6, 6.07) is 9.08. The normalized spacial score (nSPS) is 10.6. The van der Waals surface area contributed by atoms with Crippen LogP contribution in [-0.2, 0) is 13.2 Å². The number of ether oxygens (including phenoxy) is 2. The van der Waals surface area contributed by atoms with Gasteiger partial charge in [-0.05, 0) is 29.8 Å². The number of aromatic amines is 1. The van der Waals surface area contributed by atoms with Crippen molar-refractivity contribution in [2.45, 2.75) is 13.2 Å². The zero-order valence-electron chi connectivity index (χ0n) is 13.7. The summed E-state index contributed by atoms with van der Waals surface area (Å²) in [6.07, 6.45) is 1.44. The lowest BCUT2D eigenvalue weighted by Gasteiger charge is -2.15. The van der Waals surface area contributed by atoms with Crippen LogP contribution in [-0.4, -0.2) is 22.3 Å². The van der Waals surface area contributed by atoms with Gasteiger partial charge in [-0.1, -0.05) is 45.2 Å². The van der Waals surface area contributed by atoms with E-state index in [4.69, 9.17) is 32.7 Å². The molecule has 0 bridgehead atoms. The third-order valence-corrected chi connectivity index (χ3v) is 5.07. The van der Waals surface area contributed by atoms with Crippen molar-refractivity contribution in [3.63, 3.8) is 0 Å². The van der Waals surface area contributed by atoms with Gasteiger partial charge in [0.05, 0.1) is 7.11 Å². The molecule has 26 heavy (non-hydrogen) atoms. The van der Waals surface area contributed by atoms with E-state index >= 15 is 0 Å². The average molecular weight is 458 g/mol. The molecule has 0 aliphatic rings. The van der Waals surface area contributed by atoms with Crippen molar-refractivity contribution in [3.05, 3.63) is 62.3 Å². The van der Waals surface area contributed by atoms with Crippen LogP contribution >= 0.6 is 39.1 Å². The van der Waals surface area contributed by atoms with Gasteiger partial charge in [0.25, 0.3) is 0 Å². The first-order valence-corrected chi connectivity index (χ1v) is 9.14. The fraction of sp³-hybridized carbons (Fsp3) is 0.176. The van der Waals surface area contributed by atoms with Crippen LogP contribution in [0.15, 0.2) is 41.1 Å². The minimum Gasteiger partial charge on any atom is -0.493 e. The molecule has 0 saturated heterocycles. The smallest absolute Gasteiger partial charge is 0.218 e. The summed E-state index contributed by atoms with van der Waals surface area (Å²) in [5.74, 6) is 1.77. The number of rotatable bonds is 7. The predicted molar refractivity (Wildman–Crippen MR) is 105 cm³/mol. The second kappa shape index (κ2) is 8.62. The number of hydrogen-bond acceptors (Lipinski definition) is 5. The molecule has 0 aliphatic carbocycles. The average Bonchev–Trinajstić information content (AvgIpc) is 3.14. The van der Waals surface area contributed by atoms with Gasteiger partial charge in [-0.25, -0.2) is 10.1 Å². The molecule has 136 valence electrons. The molecule has 3 rings (SSSR count). The van der Waals surface area contributed by atoms with Crippen LogP contribution < -0.4 is 14.8 Å². The van der Waals surface area contributed by atoms with Gasteiger partial charge in [0.2, 0.25) is 5.95 Å². The maximum Gasteiger partial charge on any atom is 0.218 e. The van der Waals surface area contributed by atoms with E-state index in [-0.39, 0.29) is 6.61 Å². The maximum atomic E-state index is 6.19. The Hall–Kier alpha value is -1.96. The number of methoxy groups -OCH3 is 1. The largest absolute Gasteiger partial charge is 0.493 e. The minimum atomic E-state index is 0.233. The lowest BCUT2D eigenvalue weighted by molar-refractivity contribution is 0.284. The molecular formula is C17H15BrCl2N4O2. The summed E-state index contributed by atoms with van der Waals surface area (Å²) >= 11 is 15.9. The molecule has 0 spiro atoms. The lowest BCUT2D eigenvalue weighted by Crippen LogP contribution is -2.04. The summed E-state index contributed by atoms with van der Waals surface area (Å²) in [7, 11) is 1.59. The van der Waals surface area contributed by atoms with Crippen LogP contribution in [0, 0.1) is 0 Å². The highest BCUT2D eigenvalue weighted by molar-refractivity contribution is 9.10. The van der Waals surface area contributed by atoms with E-state index in [1.54, 1.807) is 25.3 Å². The van der Waals surface area contributed by atoms with E-state index in [9.17, 15) is 0 Å². The van der Waals surface area contributed by atoms with Gasteiger partial charge >= 0.3 is 0 Å². The van der Waals surface area contributed by atoms with Crippen LogP contribution in [0.3, 0.4) is 0 Å². The van der Waals surface area contributed by atoms with E-state index in [0.29, 0.717) is 34.0 Å². The predicted octanol–water partition coefficient (Wildman–Crippen LogP) is 5.07. The standard InChI is InChI=1S/C17H15BrCl2N4O2/c1-25-15-5-10(7-21-17-22-9-23-24-17)12(18)6-16(15)26-8-11-13(19)3-2-4-14(11)20/h2-6,9H,7-8H2,1H3,(H2,21,22,23,24). The summed E-state index contributed by atoms with van der Waals surface area (Å²) in [5.41, 5.74) is 1.70. The van der Waals surface area contributed by atoms with Crippen molar-refractivity contribution in [3.8, 4) is 11.5 Å². The highest BCUT2D eigenvalue weighted by Crippen LogP contribution is 2.35. The SMILES string of the molecule is COc1cc(CNc2ncn[nH]2)c(Br)cc1OCc1c(Cl)cccc1Cl. The van der Waals surface area contributed by atoms with Crippen LogP contribution in [0.5, 0.6) is 11.5 Å². The molecule has 6 nitrogen and oxygen atoms in total. The lowest BCUT2D eigenvalue weighted by atomic mass is 10.2. The number of nitrogens with zero attached hydrogens (tertiary/aromatic N) is 2. The van der Waals surface area contributed by atoms with Gasteiger partial charge in [0.15, 0.2) is 11.5 Å². The van der Waals surface area contributed by atoms with Crippen LogP contribution in [0.4, 0.5) is 5.95 Å². The van der Waals surface area contributed by atoms with Gasteiger partial charge in [0, 0.05) is 26.6 Å². The zero-order chi connectivity index (χ0) is 18.5. The molecule has 2 aromatic carbocycles. The maximum absolute atomic E-state index is 6.19. The van der Waals surface area contributed by atoms with Crippen molar-refractivity contribution in [1.29, 1.82) is 0 Å². The van der Waals surface area contributed by atoms with Crippen molar-refractivity contribution in [2.24, 2.45) is 0 Å². The summed E-state index contributed by atoms with van der Waals surface area (Å²) in [4.78, 5) is 4.03. The number of hydrogen-bond donors (Lipinski definition) is 2. The van der Waals surface area contributed by atoms with Crippen molar-refractivity contribution in [2.75, 3.05) is 12.4 Å². The molecule has 0 unspecified atom stereocenters. The number of benzene rings is 2. The van der Waals surface area contributed by atoms with E-state index in [1.807, 2.05) is 12.1 Å². The number of halogens is 3. The van der Waals surface area contributed by atoms with Gasteiger partial charge < -0.3 is 14.8 Å². The van der Waals surface area contributed by atoms with Crippen LogP contribution in [0.25, 0.3) is 0 Å². The number of anilines is 1. The highest BCUT2D eigenvalue weighted by atomic mass is 79.9. The molecule has 0 radical (unpaired) electrons.